The number of phosphoric ester groups is 1. The van der Waals surface area contributed by atoms with Crippen molar-refractivity contribution in [3.05, 3.63) is 12.7 Å². The molecule has 24 heavy (non-hydrogen) atoms. The number of likely N-dealkylation sites (N-methyl/N-ethyl adjacent to an activating group) is 1. The molecule has 0 heterocycles. The molecule has 0 bridgehead atoms. The van der Waals surface area contributed by atoms with Gasteiger partial charge in [0.2, 0.25) is 0 Å². The lowest BCUT2D eigenvalue weighted by Crippen LogP contribution is -2.37. The van der Waals surface area contributed by atoms with Crippen LogP contribution in [0.1, 0.15) is 26.2 Å². The molecular weight excluding hydrogens is 333 g/mol. The van der Waals surface area contributed by atoms with Gasteiger partial charge in [-0.05, 0) is 6.42 Å². The van der Waals surface area contributed by atoms with Gasteiger partial charge in [0.1, 0.15) is 19.3 Å². The summed E-state index contributed by atoms with van der Waals surface area (Å²) in [5.41, 5.74) is 0. The van der Waals surface area contributed by atoms with Crippen LogP contribution in [-0.2, 0) is 23.1 Å². The second-order valence-electron chi connectivity index (χ2n) is 6.64. The SMILES string of the molecule is C=CCOC[C@@H](COP(=O)(O)OCC[N+](C)(C)C)OCCCCC. The van der Waals surface area contributed by atoms with Crippen LogP contribution in [0, 0.1) is 0 Å². The number of rotatable bonds is 16. The molecule has 0 aromatic heterocycles. The van der Waals surface area contributed by atoms with Crippen LogP contribution >= 0.6 is 7.82 Å². The molecule has 0 rings (SSSR count). The van der Waals surface area contributed by atoms with E-state index in [4.69, 9.17) is 18.5 Å². The molecule has 0 saturated heterocycles. The van der Waals surface area contributed by atoms with Gasteiger partial charge in [-0.1, -0.05) is 25.8 Å². The van der Waals surface area contributed by atoms with Gasteiger partial charge in [0, 0.05) is 6.61 Å². The van der Waals surface area contributed by atoms with E-state index in [-0.39, 0.29) is 19.8 Å². The molecule has 0 aromatic rings. The summed E-state index contributed by atoms with van der Waals surface area (Å²) in [6, 6.07) is 0. The molecule has 0 aliphatic heterocycles. The Labute approximate surface area is 146 Å². The molecular formula is C16H35NO6P+. The lowest BCUT2D eigenvalue weighted by molar-refractivity contribution is -0.870. The Morgan fingerprint density at radius 1 is 1.17 bits per heavy atom. The van der Waals surface area contributed by atoms with E-state index in [2.05, 4.69) is 13.5 Å². The second kappa shape index (κ2) is 13.0. The highest BCUT2D eigenvalue weighted by Crippen LogP contribution is 2.43. The third-order valence-corrected chi connectivity index (χ3v) is 4.07. The van der Waals surface area contributed by atoms with Gasteiger partial charge in [-0.15, -0.1) is 6.58 Å². The summed E-state index contributed by atoms with van der Waals surface area (Å²) in [7, 11) is 1.85. The van der Waals surface area contributed by atoms with Crippen molar-refractivity contribution in [1.29, 1.82) is 0 Å². The molecule has 0 fully saturated rings. The number of hydrogen-bond acceptors (Lipinski definition) is 5. The van der Waals surface area contributed by atoms with E-state index in [9.17, 15) is 9.46 Å². The van der Waals surface area contributed by atoms with E-state index in [0.29, 0.717) is 24.2 Å². The van der Waals surface area contributed by atoms with Crippen LogP contribution in [0.5, 0.6) is 0 Å². The highest BCUT2D eigenvalue weighted by atomic mass is 31.2. The van der Waals surface area contributed by atoms with Crippen molar-refractivity contribution in [3.63, 3.8) is 0 Å². The van der Waals surface area contributed by atoms with Crippen molar-refractivity contribution in [2.75, 3.05) is 60.7 Å². The van der Waals surface area contributed by atoms with Gasteiger partial charge in [0.05, 0.1) is 41.0 Å². The zero-order valence-electron chi connectivity index (χ0n) is 15.6. The minimum absolute atomic E-state index is 0.0541. The minimum atomic E-state index is -4.08. The minimum Gasteiger partial charge on any atom is -0.375 e. The molecule has 1 unspecified atom stereocenters. The maximum absolute atomic E-state index is 11.9. The Balaban J connectivity index is 4.22. The second-order valence-corrected chi connectivity index (χ2v) is 8.09. The summed E-state index contributed by atoms with van der Waals surface area (Å²) in [5.74, 6) is 0. The van der Waals surface area contributed by atoms with Gasteiger partial charge < -0.3 is 18.9 Å². The number of hydrogen-bond donors (Lipinski definition) is 1. The van der Waals surface area contributed by atoms with Crippen molar-refractivity contribution in [2.24, 2.45) is 0 Å². The first-order valence-corrected chi connectivity index (χ1v) is 9.92. The Kier molecular flexibility index (Phi) is 12.9. The predicted octanol–water partition coefficient (Wildman–Crippen LogP) is 2.60. The molecule has 0 saturated carbocycles. The van der Waals surface area contributed by atoms with Gasteiger partial charge >= 0.3 is 7.82 Å². The van der Waals surface area contributed by atoms with Crippen molar-refractivity contribution >= 4 is 7.82 Å². The first-order chi connectivity index (χ1) is 11.2. The molecule has 0 amide bonds. The van der Waals surface area contributed by atoms with E-state index in [1.54, 1.807) is 6.08 Å². The first kappa shape index (κ1) is 23.7. The van der Waals surface area contributed by atoms with Crippen molar-refractivity contribution in [3.8, 4) is 0 Å². The van der Waals surface area contributed by atoms with Crippen molar-refractivity contribution in [2.45, 2.75) is 32.3 Å². The Morgan fingerprint density at radius 3 is 2.46 bits per heavy atom. The van der Waals surface area contributed by atoms with Crippen LogP contribution in [0.25, 0.3) is 0 Å². The Bertz CT molecular complexity index is 372. The monoisotopic (exact) mass is 368 g/mol. The summed E-state index contributed by atoms with van der Waals surface area (Å²) in [6.45, 7) is 7.63. The summed E-state index contributed by atoms with van der Waals surface area (Å²) in [4.78, 5) is 9.73. The largest absolute Gasteiger partial charge is 0.472 e. The smallest absolute Gasteiger partial charge is 0.375 e. The zero-order valence-corrected chi connectivity index (χ0v) is 16.5. The summed E-state index contributed by atoms with van der Waals surface area (Å²) >= 11 is 0. The quantitative estimate of drug-likeness (QED) is 0.195. The summed E-state index contributed by atoms with van der Waals surface area (Å²) in [6.07, 6.45) is 4.34. The lowest BCUT2D eigenvalue weighted by atomic mass is 10.3. The molecule has 8 heteroatoms. The molecule has 7 nitrogen and oxygen atoms in total. The molecule has 2 atom stereocenters. The van der Waals surface area contributed by atoms with Gasteiger partial charge in [-0.2, -0.15) is 0 Å². The fraction of sp³-hybridized carbons (Fsp3) is 0.875. The highest BCUT2D eigenvalue weighted by Gasteiger charge is 2.24. The molecule has 0 aromatic carbocycles. The van der Waals surface area contributed by atoms with E-state index >= 15 is 0 Å². The van der Waals surface area contributed by atoms with Crippen LogP contribution in [0.2, 0.25) is 0 Å². The normalized spacial score (nSPS) is 15.9. The molecule has 1 N–H and O–H groups in total. The summed E-state index contributed by atoms with van der Waals surface area (Å²) < 4.78 is 33.6. The Hall–Kier alpha value is -0.270. The average Bonchev–Trinajstić information content (AvgIpc) is 2.47. The topological polar surface area (TPSA) is 74.2 Å². The molecule has 0 aliphatic carbocycles. The standard InChI is InChI=1S/C16H34NO6P/c1-6-8-9-12-21-16(14-20-11-7-2)15-23-24(18,19)22-13-10-17(3,4)5/h7,16H,2,6,8-15H2,1,3-5H3/p+1/t16-/m0/s1. The molecule has 0 aliphatic rings. The van der Waals surface area contributed by atoms with Gasteiger partial charge in [0.25, 0.3) is 0 Å². The van der Waals surface area contributed by atoms with Crippen LogP contribution in [0.15, 0.2) is 12.7 Å². The number of unbranched alkanes of at least 4 members (excludes halogenated alkanes) is 2. The fourth-order valence-electron chi connectivity index (χ4n) is 1.67. The van der Waals surface area contributed by atoms with Gasteiger partial charge in [0.15, 0.2) is 0 Å². The fourth-order valence-corrected chi connectivity index (χ4v) is 2.42. The van der Waals surface area contributed by atoms with Gasteiger partial charge in [-0.25, -0.2) is 4.57 Å². The first-order valence-electron chi connectivity index (χ1n) is 8.42. The lowest BCUT2D eigenvalue weighted by Gasteiger charge is -2.24. The molecule has 0 spiro atoms. The van der Waals surface area contributed by atoms with E-state index in [1.165, 1.54) is 0 Å². The van der Waals surface area contributed by atoms with Crippen LogP contribution in [-0.4, -0.2) is 76.2 Å². The van der Waals surface area contributed by atoms with Crippen molar-refractivity contribution in [1.82, 2.24) is 0 Å². The number of nitrogens with zero attached hydrogens (tertiary/aromatic N) is 1. The van der Waals surface area contributed by atoms with E-state index < -0.39 is 13.9 Å². The summed E-state index contributed by atoms with van der Waals surface area (Å²) in [5, 5.41) is 0. The average molecular weight is 368 g/mol. The third kappa shape index (κ3) is 15.3. The molecule has 0 radical (unpaired) electrons. The van der Waals surface area contributed by atoms with Gasteiger partial charge in [-0.3, -0.25) is 9.05 Å². The van der Waals surface area contributed by atoms with E-state index in [1.807, 2.05) is 21.1 Å². The third-order valence-electron chi connectivity index (χ3n) is 3.08. The Morgan fingerprint density at radius 2 is 1.88 bits per heavy atom. The highest BCUT2D eigenvalue weighted by molar-refractivity contribution is 7.47. The van der Waals surface area contributed by atoms with Crippen LogP contribution < -0.4 is 0 Å². The number of phosphoric acid groups is 1. The maximum Gasteiger partial charge on any atom is 0.472 e. The molecule has 144 valence electrons. The predicted molar refractivity (Wildman–Crippen MR) is 94.9 cm³/mol. The van der Waals surface area contributed by atoms with Crippen LogP contribution in [0.3, 0.4) is 0 Å². The number of quaternary nitrogens is 1. The number of ether oxygens (including phenoxy) is 2. The maximum atomic E-state index is 11.9. The van der Waals surface area contributed by atoms with E-state index in [0.717, 1.165) is 19.3 Å². The van der Waals surface area contributed by atoms with Crippen molar-refractivity contribution < 1.29 is 32.5 Å². The zero-order chi connectivity index (χ0) is 18.5. The van der Waals surface area contributed by atoms with Crippen LogP contribution in [0.4, 0.5) is 0 Å².